The Morgan fingerprint density at radius 3 is 2.75 bits per heavy atom. The maximum absolute atomic E-state index is 10.8. The van der Waals surface area contributed by atoms with E-state index in [9.17, 15) is 20.0 Å². The van der Waals surface area contributed by atoms with Crippen LogP contribution in [0.5, 0.6) is 5.75 Å². The van der Waals surface area contributed by atoms with Crippen LogP contribution in [0.15, 0.2) is 24.3 Å². The number of nitro groups is 1. The molecule has 0 atom stereocenters. The highest BCUT2D eigenvalue weighted by Gasteiger charge is 2.11. The second-order valence-electron chi connectivity index (χ2n) is 2.86. The summed E-state index contributed by atoms with van der Waals surface area (Å²) in [5, 5.41) is 19.7. The molecule has 0 spiro atoms. The van der Waals surface area contributed by atoms with Crippen LogP contribution in [0.1, 0.15) is 5.56 Å². The Kier molecular flexibility index (Phi) is 3.60. The third-order valence-corrected chi connectivity index (χ3v) is 1.81. The number of nitro benzene ring substituents is 1. The van der Waals surface area contributed by atoms with E-state index in [4.69, 9.17) is 0 Å². The molecule has 0 aromatic heterocycles. The summed E-state index contributed by atoms with van der Waals surface area (Å²) < 4.78 is 4.37. The molecule has 0 saturated carbocycles. The average Bonchev–Trinajstić information content (AvgIpc) is 2.25. The van der Waals surface area contributed by atoms with Gasteiger partial charge in [-0.1, -0.05) is 0 Å². The van der Waals surface area contributed by atoms with E-state index in [1.54, 1.807) is 0 Å². The summed E-state index contributed by atoms with van der Waals surface area (Å²) in [6, 6.07) is 3.77. The topological polar surface area (TPSA) is 89.7 Å². The van der Waals surface area contributed by atoms with E-state index in [1.807, 2.05) is 0 Å². The van der Waals surface area contributed by atoms with E-state index in [1.165, 1.54) is 25.3 Å². The van der Waals surface area contributed by atoms with E-state index < -0.39 is 16.6 Å². The number of ether oxygens (including phenoxy) is 1. The second kappa shape index (κ2) is 4.92. The molecule has 0 aliphatic heterocycles. The molecule has 0 fully saturated rings. The van der Waals surface area contributed by atoms with Gasteiger partial charge in [-0.15, -0.1) is 0 Å². The lowest BCUT2D eigenvalue weighted by Crippen LogP contribution is -1.93. The minimum absolute atomic E-state index is 0.379. The summed E-state index contributed by atoms with van der Waals surface area (Å²) in [4.78, 5) is 20.5. The Balaban J connectivity index is 2.94. The SMILES string of the molecule is COC(=O)/C=C/c1ccc([N+](=O)[O-])c(O)c1. The van der Waals surface area contributed by atoms with E-state index >= 15 is 0 Å². The predicted molar refractivity (Wildman–Crippen MR) is 55.8 cm³/mol. The summed E-state index contributed by atoms with van der Waals surface area (Å²) in [6.45, 7) is 0. The Morgan fingerprint density at radius 2 is 2.25 bits per heavy atom. The zero-order chi connectivity index (χ0) is 12.1. The number of carbonyl (C=O) groups is 1. The number of phenolic OH excluding ortho intramolecular Hbond substituents is 1. The number of aromatic hydroxyl groups is 1. The number of nitrogens with zero attached hydrogens (tertiary/aromatic N) is 1. The molecular weight excluding hydrogens is 214 g/mol. The lowest BCUT2D eigenvalue weighted by atomic mass is 10.2. The van der Waals surface area contributed by atoms with Gasteiger partial charge in [0.1, 0.15) is 0 Å². The van der Waals surface area contributed by atoms with Crippen molar-refractivity contribution >= 4 is 17.7 Å². The molecule has 0 saturated heterocycles. The molecule has 0 unspecified atom stereocenters. The highest BCUT2D eigenvalue weighted by atomic mass is 16.6. The smallest absolute Gasteiger partial charge is 0.330 e. The first-order chi connectivity index (χ1) is 7.54. The summed E-state index contributed by atoms with van der Waals surface area (Å²) >= 11 is 0. The lowest BCUT2D eigenvalue weighted by Gasteiger charge is -1.97. The molecule has 0 heterocycles. The Bertz CT molecular complexity index is 453. The van der Waals surface area contributed by atoms with Gasteiger partial charge < -0.3 is 9.84 Å². The van der Waals surface area contributed by atoms with E-state index in [0.29, 0.717) is 5.56 Å². The van der Waals surface area contributed by atoms with Crippen LogP contribution in [0.4, 0.5) is 5.69 Å². The minimum Gasteiger partial charge on any atom is -0.502 e. The molecule has 0 radical (unpaired) electrons. The molecular formula is C10H9NO5. The number of esters is 1. The molecule has 0 aliphatic rings. The first kappa shape index (κ1) is 11.7. The Labute approximate surface area is 90.9 Å². The van der Waals surface area contributed by atoms with Gasteiger partial charge in [-0.25, -0.2) is 4.79 Å². The zero-order valence-corrected chi connectivity index (χ0v) is 8.41. The predicted octanol–water partition coefficient (Wildman–Crippen LogP) is 1.49. The van der Waals surface area contributed by atoms with Crippen LogP contribution in [0.2, 0.25) is 0 Å². The van der Waals surface area contributed by atoms with Crippen molar-refractivity contribution in [3.8, 4) is 5.75 Å². The van der Waals surface area contributed by atoms with Crippen LogP contribution in [0.3, 0.4) is 0 Å². The minimum atomic E-state index is -0.691. The standard InChI is InChI=1S/C10H9NO5/c1-16-10(13)5-3-7-2-4-8(11(14)15)9(12)6-7/h2-6,12H,1H3/b5-3+. The summed E-state index contributed by atoms with van der Waals surface area (Å²) in [6.07, 6.45) is 2.54. The molecule has 1 rings (SSSR count). The molecule has 0 aliphatic carbocycles. The highest BCUT2D eigenvalue weighted by molar-refractivity contribution is 5.87. The van der Waals surface area contributed by atoms with Crippen molar-refractivity contribution in [1.82, 2.24) is 0 Å². The quantitative estimate of drug-likeness (QED) is 0.363. The van der Waals surface area contributed by atoms with E-state index in [-0.39, 0.29) is 5.69 Å². The zero-order valence-electron chi connectivity index (χ0n) is 8.41. The van der Waals surface area contributed by atoms with Crippen molar-refractivity contribution in [2.24, 2.45) is 0 Å². The maximum atomic E-state index is 10.8. The van der Waals surface area contributed by atoms with Crippen molar-refractivity contribution in [3.05, 3.63) is 40.0 Å². The van der Waals surface area contributed by atoms with Gasteiger partial charge in [0.05, 0.1) is 12.0 Å². The third kappa shape index (κ3) is 2.81. The molecule has 1 aromatic rings. The normalized spacial score (nSPS) is 10.3. The van der Waals surface area contributed by atoms with Crippen LogP contribution < -0.4 is 0 Å². The fraction of sp³-hybridized carbons (Fsp3) is 0.100. The van der Waals surface area contributed by atoms with Crippen LogP contribution in [0.25, 0.3) is 6.08 Å². The van der Waals surface area contributed by atoms with Gasteiger partial charge in [0.2, 0.25) is 0 Å². The number of benzene rings is 1. The Morgan fingerprint density at radius 1 is 1.56 bits per heavy atom. The van der Waals surface area contributed by atoms with Crippen LogP contribution in [-0.4, -0.2) is 23.1 Å². The van der Waals surface area contributed by atoms with Crippen LogP contribution in [0, 0.1) is 10.1 Å². The molecule has 16 heavy (non-hydrogen) atoms. The number of methoxy groups -OCH3 is 1. The van der Waals surface area contributed by atoms with Gasteiger partial charge in [0.25, 0.3) is 0 Å². The van der Waals surface area contributed by atoms with Gasteiger partial charge in [-0.05, 0) is 23.8 Å². The van der Waals surface area contributed by atoms with Crippen molar-refractivity contribution in [1.29, 1.82) is 0 Å². The van der Waals surface area contributed by atoms with Gasteiger partial charge in [-0.2, -0.15) is 0 Å². The number of carbonyl (C=O) groups excluding carboxylic acids is 1. The van der Waals surface area contributed by atoms with E-state index in [2.05, 4.69) is 4.74 Å². The summed E-state index contributed by atoms with van der Waals surface area (Å²) in [5.41, 5.74) is 0.0868. The van der Waals surface area contributed by atoms with Gasteiger partial charge >= 0.3 is 11.7 Å². The fourth-order valence-electron chi connectivity index (χ4n) is 1.03. The fourth-order valence-corrected chi connectivity index (χ4v) is 1.03. The number of phenols is 1. The van der Waals surface area contributed by atoms with Crippen molar-refractivity contribution in [2.75, 3.05) is 7.11 Å². The third-order valence-electron chi connectivity index (χ3n) is 1.81. The average molecular weight is 223 g/mol. The van der Waals surface area contributed by atoms with Crippen LogP contribution >= 0.6 is 0 Å². The van der Waals surface area contributed by atoms with Crippen molar-refractivity contribution in [2.45, 2.75) is 0 Å². The molecule has 1 N–H and O–H groups in total. The molecule has 0 amide bonds. The van der Waals surface area contributed by atoms with Gasteiger partial charge in [-0.3, -0.25) is 10.1 Å². The van der Waals surface area contributed by atoms with Crippen molar-refractivity contribution < 1.29 is 19.6 Å². The summed E-state index contributed by atoms with van der Waals surface area (Å²) in [7, 11) is 1.24. The largest absolute Gasteiger partial charge is 0.502 e. The maximum Gasteiger partial charge on any atom is 0.330 e. The number of hydrogen-bond donors (Lipinski definition) is 1. The monoisotopic (exact) mass is 223 g/mol. The highest BCUT2D eigenvalue weighted by Crippen LogP contribution is 2.26. The molecule has 1 aromatic carbocycles. The van der Waals surface area contributed by atoms with Gasteiger partial charge in [0, 0.05) is 12.1 Å². The van der Waals surface area contributed by atoms with Gasteiger partial charge in [0.15, 0.2) is 5.75 Å². The first-order valence-electron chi connectivity index (χ1n) is 4.28. The lowest BCUT2D eigenvalue weighted by molar-refractivity contribution is -0.385. The molecule has 84 valence electrons. The second-order valence-corrected chi connectivity index (χ2v) is 2.86. The first-order valence-corrected chi connectivity index (χ1v) is 4.28. The molecule has 6 nitrogen and oxygen atoms in total. The molecule has 0 bridgehead atoms. The number of rotatable bonds is 3. The number of hydrogen-bond acceptors (Lipinski definition) is 5. The Hall–Kier alpha value is -2.37. The van der Waals surface area contributed by atoms with E-state index in [0.717, 1.165) is 12.1 Å². The van der Waals surface area contributed by atoms with Crippen molar-refractivity contribution in [3.63, 3.8) is 0 Å². The molecule has 6 heteroatoms. The van der Waals surface area contributed by atoms with Crippen LogP contribution in [-0.2, 0) is 9.53 Å². The summed E-state index contributed by atoms with van der Waals surface area (Å²) in [5.74, 6) is -0.991.